The second-order valence-corrected chi connectivity index (χ2v) is 6.85. The number of sulfonamides is 1. The topological polar surface area (TPSA) is 80.5 Å². The van der Waals surface area contributed by atoms with Gasteiger partial charge in [-0.3, -0.25) is 10.1 Å². The van der Waals surface area contributed by atoms with Gasteiger partial charge in [-0.15, -0.1) is 0 Å². The van der Waals surface area contributed by atoms with E-state index in [1.807, 2.05) is 0 Å². The molecule has 0 spiro atoms. The van der Waals surface area contributed by atoms with Crippen molar-refractivity contribution >= 4 is 26.0 Å². The maximum Gasteiger partial charge on any atom is 0.244 e. The molecule has 0 radical (unpaired) electrons. The van der Waals surface area contributed by atoms with Crippen molar-refractivity contribution < 1.29 is 13.3 Å². The molecule has 0 N–H and O–H groups in total. The van der Waals surface area contributed by atoms with Crippen LogP contribution < -0.4 is 0 Å². The Balaban J connectivity index is 2.28. The van der Waals surface area contributed by atoms with Crippen LogP contribution in [0.15, 0.2) is 27.6 Å². The zero-order valence-corrected chi connectivity index (χ0v) is 11.9. The molecule has 8 heteroatoms. The summed E-state index contributed by atoms with van der Waals surface area (Å²) in [5.74, 6) is 0. The summed E-state index contributed by atoms with van der Waals surface area (Å²) in [4.78, 5) is 10.2. The summed E-state index contributed by atoms with van der Waals surface area (Å²) >= 11 is 3.24. The van der Waals surface area contributed by atoms with E-state index in [1.165, 1.54) is 6.07 Å². The summed E-state index contributed by atoms with van der Waals surface area (Å²) in [6, 6.07) is 4.14. The first kappa shape index (κ1) is 13.4. The van der Waals surface area contributed by atoms with Gasteiger partial charge in [0.15, 0.2) is 0 Å². The lowest BCUT2D eigenvalue weighted by Gasteiger charge is -2.32. The largest absolute Gasteiger partial charge is 0.264 e. The molecule has 18 heavy (non-hydrogen) atoms. The Bertz CT molecular complexity index is 596. The fourth-order valence-electron chi connectivity index (χ4n) is 1.71. The molecule has 0 aliphatic carbocycles. The maximum absolute atomic E-state index is 12.2. The fraction of sp³-hybridized carbons (Fsp3) is 0.400. The summed E-state index contributed by atoms with van der Waals surface area (Å²) in [6.45, 7) is 1.67. The molecule has 1 aromatic rings. The molecular formula is C10H11BrN2O4S. The standard InChI is InChI=1S/C10H11BrN2O4S/c1-7-3-2-4-9(10(7)11)18(16,17)12-5-8(6-12)13(14)15/h2-4,8H,5-6H2,1H3. The first-order valence-corrected chi connectivity index (χ1v) is 7.46. The quantitative estimate of drug-likeness (QED) is 0.618. The molecule has 6 nitrogen and oxygen atoms in total. The van der Waals surface area contributed by atoms with Crippen molar-refractivity contribution in [2.24, 2.45) is 0 Å². The van der Waals surface area contributed by atoms with Crippen LogP contribution in [0.25, 0.3) is 0 Å². The first-order valence-electron chi connectivity index (χ1n) is 5.23. The van der Waals surface area contributed by atoms with E-state index in [-0.39, 0.29) is 18.0 Å². The molecule has 1 aliphatic rings. The van der Waals surface area contributed by atoms with Gasteiger partial charge < -0.3 is 0 Å². The molecule has 1 saturated heterocycles. The Morgan fingerprint density at radius 3 is 2.61 bits per heavy atom. The van der Waals surface area contributed by atoms with E-state index < -0.39 is 21.0 Å². The van der Waals surface area contributed by atoms with Gasteiger partial charge >= 0.3 is 0 Å². The summed E-state index contributed by atoms with van der Waals surface area (Å²) in [5.41, 5.74) is 0.808. The third-order valence-corrected chi connectivity index (χ3v) is 6.09. The highest BCUT2D eigenvalue weighted by Crippen LogP contribution is 2.30. The normalized spacial score (nSPS) is 17.4. The molecular weight excluding hydrogens is 324 g/mol. The SMILES string of the molecule is Cc1cccc(S(=O)(=O)N2CC([N+](=O)[O-])C2)c1Br. The molecule has 2 rings (SSSR count). The van der Waals surface area contributed by atoms with Crippen LogP contribution in [-0.2, 0) is 10.0 Å². The summed E-state index contributed by atoms with van der Waals surface area (Å²) in [5, 5.41) is 10.5. The van der Waals surface area contributed by atoms with E-state index in [9.17, 15) is 18.5 Å². The van der Waals surface area contributed by atoms with Crippen LogP contribution in [0.1, 0.15) is 5.56 Å². The highest BCUT2D eigenvalue weighted by molar-refractivity contribution is 9.10. The summed E-state index contributed by atoms with van der Waals surface area (Å²) < 4.78 is 26.1. The van der Waals surface area contributed by atoms with Gasteiger partial charge in [-0.1, -0.05) is 12.1 Å². The van der Waals surface area contributed by atoms with Gasteiger partial charge in [0.2, 0.25) is 16.1 Å². The second kappa shape index (κ2) is 4.60. The lowest BCUT2D eigenvalue weighted by molar-refractivity contribution is -0.535. The van der Waals surface area contributed by atoms with Gasteiger partial charge in [0, 0.05) is 9.40 Å². The number of nitro groups is 1. The minimum Gasteiger partial charge on any atom is -0.264 e. The molecule has 0 unspecified atom stereocenters. The molecule has 0 atom stereocenters. The molecule has 0 saturated carbocycles. The Kier molecular flexibility index (Phi) is 3.43. The van der Waals surface area contributed by atoms with E-state index in [2.05, 4.69) is 15.9 Å². The predicted octanol–water partition coefficient (Wildman–Crippen LogP) is 1.41. The zero-order valence-electron chi connectivity index (χ0n) is 9.54. The van der Waals surface area contributed by atoms with Crippen molar-refractivity contribution in [3.05, 3.63) is 38.3 Å². The van der Waals surface area contributed by atoms with E-state index in [4.69, 9.17) is 0 Å². The minimum atomic E-state index is -3.64. The van der Waals surface area contributed by atoms with Crippen LogP contribution in [-0.4, -0.2) is 36.8 Å². The number of nitrogens with zero attached hydrogens (tertiary/aromatic N) is 2. The smallest absolute Gasteiger partial charge is 0.244 e. The van der Waals surface area contributed by atoms with Crippen LogP contribution in [0.3, 0.4) is 0 Å². The third-order valence-electron chi connectivity index (χ3n) is 2.90. The molecule has 0 aromatic heterocycles. The molecule has 98 valence electrons. The molecule has 0 amide bonds. The number of halogens is 1. The van der Waals surface area contributed by atoms with E-state index in [0.29, 0.717) is 4.47 Å². The lowest BCUT2D eigenvalue weighted by Crippen LogP contribution is -2.56. The van der Waals surface area contributed by atoms with Crippen molar-refractivity contribution in [3.8, 4) is 0 Å². The number of rotatable bonds is 3. The third kappa shape index (κ3) is 2.15. The first-order chi connectivity index (χ1) is 8.34. The van der Waals surface area contributed by atoms with E-state index in [1.54, 1.807) is 19.1 Å². The molecule has 1 fully saturated rings. The summed E-state index contributed by atoms with van der Waals surface area (Å²) in [7, 11) is -3.64. The van der Waals surface area contributed by atoms with Gasteiger partial charge in [-0.05, 0) is 34.5 Å². The highest BCUT2D eigenvalue weighted by atomic mass is 79.9. The van der Waals surface area contributed by atoms with Crippen LogP contribution in [0.4, 0.5) is 0 Å². The lowest BCUT2D eigenvalue weighted by atomic mass is 10.2. The van der Waals surface area contributed by atoms with Crippen LogP contribution >= 0.6 is 15.9 Å². The number of hydrogen-bond acceptors (Lipinski definition) is 4. The molecule has 1 aliphatic heterocycles. The van der Waals surface area contributed by atoms with Crippen molar-refractivity contribution in [2.75, 3.05) is 13.1 Å². The van der Waals surface area contributed by atoms with Crippen LogP contribution in [0.2, 0.25) is 0 Å². The van der Waals surface area contributed by atoms with E-state index in [0.717, 1.165) is 9.87 Å². The molecule has 1 heterocycles. The number of benzene rings is 1. The predicted molar refractivity (Wildman–Crippen MR) is 68.4 cm³/mol. The highest BCUT2D eigenvalue weighted by Gasteiger charge is 2.44. The van der Waals surface area contributed by atoms with E-state index >= 15 is 0 Å². The second-order valence-electron chi connectivity index (χ2n) is 4.15. The van der Waals surface area contributed by atoms with Crippen molar-refractivity contribution in [3.63, 3.8) is 0 Å². The van der Waals surface area contributed by atoms with Gasteiger partial charge in [0.05, 0.1) is 18.0 Å². The van der Waals surface area contributed by atoms with Crippen molar-refractivity contribution in [1.82, 2.24) is 4.31 Å². The molecule has 0 bridgehead atoms. The monoisotopic (exact) mass is 334 g/mol. The van der Waals surface area contributed by atoms with Crippen molar-refractivity contribution in [2.45, 2.75) is 17.9 Å². The Morgan fingerprint density at radius 2 is 2.06 bits per heavy atom. The maximum atomic E-state index is 12.2. The molecule has 1 aromatic carbocycles. The summed E-state index contributed by atoms with van der Waals surface area (Å²) in [6.07, 6.45) is 0. The Labute approximate surface area is 113 Å². The average molecular weight is 335 g/mol. The number of hydrogen-bond donors (Lipinski definition) is 0. The minimum absolute atomic E-state index is 0.0598. The van der Waals surface area contributed by atoms with Crippen LogP contribution in [0, 0.1) is 17.0 Å². The zero-order chi connectivity index (χ0) is 13.5. The average Bonchev–Trinajstić information content (AvgIpc) is 2.18. The Hall–Kier alpha value is -0.990. The van der Waals surface area contributed by atoms with Crippen LogP contribution in [0.5, 0.6) is 0 Å². The Morgan fingerprint density at radius 1 is 1.44 bits per heavy atom. The van der Waals surface area contributed by atoms with Gasteiger partial charge in [0.1, 0.15) is 0 Å². The number of aryl methyl sites for hydroxylation is 1. The van der Waals surface area contributed by atoms with Gasteiger partial charge in [0.25, 0.3) is 0 Å². The van der Waals surface area contributed by atoms with Gasteiger partial charge in [-0.25, -0.2) is 8.42 Å². The van der Waals surface area contributed by atoms with Crippen molar-refractivity contribution in [1.29, 1.82) is 0 Å². The fourth-order valence-corrected chi connectivity index (χ4v) is 4.24. The van der Waals surface area contributed by atoms with Gasteiger partial charge in [-0.2, -0.15) is 4.31 Å².